The fourth-order valence-electron chi connectivity index (χ4n) is 8.56. The van der Waals surface area contributed by atoms with Crippen molar-refractivity contribution in [1.82, 2.24) is 0 Å². The maximum Gasteiger partial charge on any atom is 0.0726 e. The second-order valence-corrected chi connectivity index (χ2v) is 13.3. The van der Waals surface area contributed by atoms with E-state index in [2.05, 4.69) is 123 Å². The smallest absolute Gasteiger partial charge is 0.0683 e. The van der Waals surface area contributed by atoms with Crippen LogP contribution in [0.2, 0.25) is 0 Å². The van der Waals surface area contributed by atoms with E-state index in [1.165, 1.54) is 126 Å². The lowest BCUT2D eigenvalue weighted by molar-refractivity contribution is 0.792. The van der Waals surface area contributed by atoms with E-state index < -0.39 is 0 Å². The molecule has 47 heavy (non-hydrogen) atoms. The van der Waals surface area contributed by atoms with Crippen molar-refractivity contribution < 1.29 is 0 Å². The van der Waals surface area contributed by atoms with Crippen LogP contribution in [0, 0.1) is 13.8 Å². The van der Waals surface area contributed by atoms with Crippen LogP contribution in [0.3, 0.4) is 0 Å². The van der Waals surface area contributed by atoms with Crippen molar-refractivity contribution in [3.8, 4) is 44.5 Å². The summed E-state index contributed by atoms with van der Waals surface area (Å²) in [4.78, 5) is 0. The Kier molecular flexibility index (Phi) is 7.10. The highest BCUT2D eigenvalue weighted by Gasteiger charge is 2.52. The van der Waals surface area contributed by atoms with Crippen LogP contribution in [0.1, 0.15) is 83.3 Å². The van der Waals surface area contributed by atoms with Gasteiger partial charge in [-0.1, -0.05) is 136 Å². The summed E-state index contributed by atoms with van der Waals surface area (Å²) in [6.07, 6.45) is 4.84. The molecule has 0 fully saturated rings. The minimum absolute atomic E-state index is 0.348. The maximum absolute atomic E-state index is 2.53. The molecule has 0 atom stereocenters. The van der Waals surface area contributed by atoms with Gasteiger partial charge in [-0.05, 0) is 141 Å². The van der Waals surface area contributed by atoms with Crippen LogP contribution in [-0.2, 0) is 31.1 Å². The van der Waals surface area contributed by atoms with Gasteiger partial charge in [-0.2, -0.15) is 0 Å². The van der Waals surface area contributed by atoms with E-state index >= 15 is 0 Å². The highest BCUT2D eigenvalue weighted by atomic mass is 14.5. The van der Waals surface area contributed by atoms with Gasteiger partial charge in [-0.25, -0.2) is 0 Å². The zero-order valence-corrected chi connectivity index (χ0v) is 28.7. The van der Waals surface area contributed by atoms with E-state index in [1.807, 2.05) is 27.7 Å². The van der Waals surface area contributed by atoms with Crippen LogP contribution < -0.4 is 0 Å². The summed E-state index contributed by atoms with van der Waals surface area (Å²) in [5.41, 5.74) is 24.8. The van der Waals surface area contributed by atoms with Crippen LogP contribution in [0.25, 0.3) is 44.5 Å². The first-order valence-corrected chi connectivity index (χ1v) is 17.8. The molecule has 0 radical (unpaired) electrons. The standard InChI is InChI=1S/C43H32.2C2H6/c1-25-3-15-35-36-16-4-26(2)20-40(36)43(39(35)19-25)41-23-33(31-11-7-27-5-9-29(27)21-31)13-17-37(41)38-18-14-34(24-42(38)43)32-12-8-28-6-10-30(28)22-32;2*1-2/h3-4,7-8,11-24H,5-6,9-10H2,1-2H3;2*1-2H3. The minimum Gasteiger partial charge on any atom is -0.0683 e. The number of aryl methyl sites for hydroxylation is 6. The van der Waals surface area contributed by atoms with Crippen molar-refractivity contribution in [3.05, 3.63) is 165 Å². The van der Waals surface area contributed by atoms with E-state index in [9.17, 15) is 0 Å². The van der Waals surface area contributed by atoms with Crippen molar-refractivity contribution in [2.24, 2.45) is 0 Å². The molecule has 6 aromatic rings. The molecular formula is C47H44. The molecule has 0 aromatic heterocycles. The van der Waals surface area contributed by atoms with Gasteiger partial charge in [-0.3, -0.25) is 0 Å². The van der Waals surface area contributed by atoms with Crippen LogP contribution >= 0.6 is 0 Å². The first-order valence-electron chi connectivity index (χ1n) is 17.8. The zero-order chi connectivity index (χ0) is 32.4. The third-order valence-electron chi connectivity index (χ3n) is 11.0. The molecule has 0 heteroatoms. The first-order chi connectivity index (χ1) is 23.1. The van der Waals surface area contributed by atoms with Crippen molar-refractivity contribution in [2.45, 2.75) is 72.6 Å². The quantitative estimate of drug-likeness (QED) is 0.183. The van der Waals surface area contributed by atoms with Crippen molar-refractivity contribution >= 4 is 0 Å². The van der Waals surface area contributed by atoms with E-state index in [-0.39, 0.29) is 5.41 Å². The lowest BCUT2D eigenvalue weighted by atomic mass is 9.69. The van der Waals surface area contributed by atoms with Crippen LogP contribution in [0.15, 0.2) is 109 Å². The molecular weight excluding hydrogens is 565 g/mol. The van der Waals surface area contributed by atoms with Gasteiger partial charge >= 0.3 is 0 Å². The van der Waals surface area contributed by atoms with Gasteiger partial charge in [0, 0.05) is 0 Å². The molecule has 0 N–H and O–H groups in total. The summed E-state index contributed by atoms with van der Waals surface area (Å²) < 4.78 is 0. The topological polar surface area (TPSA) is 0 Å². The highest BCUT2D eigenvalue weighted by Crippen LogP contribution is 2.63. The lowest BCUT2D eigenvalue weighted by Crippen LogP contribution is -2.26. The van der Waals surface area contributed by atoms with E-state index in [0.29, 0.717) is 0 Å². The summed E-state index contributed by atoms with van der Waals surface area (Å²) >= 11 is 0. The molecule has 232 valence electrons. The predicted octanol–water partition coefficient (Wildman–Crippen LogP) is 12.2. The Bertz CT molecular complexity index is 2050. The molecule has 1 spiro atoms. The number of benzene rings is 6. The van der Waals surface area contributed by atoms with Crippen LogP contribution in [0.4, 0.5) is 0 Å². The summed E-state index contributed by atoms with van der Waals surface area (Å²) in [6, 6.07) is 43.1. The summed E-state index contributed by atoms with van der Waals surface area (Å²) in [6.45, 7) is 12.5. The number of fused-ring (bicyclic) bond motifs is 12. The fraction of sp³-hybridized carbons (Fsp3) is 0.234. The third kappa shape index (κ3) is 4.20. The monoisotopic (exact) mass is 608 g/mol. The van der Waals surface area contributed by atoms with Gasteiger partial charge in [0.15, 0.2) is 0 Å². The lowest BCUT2D eigenvalue weighted by Gasteiger charge is -2.31. The summed E-state index contributed by atoms with van der Waals surface area (Å²) in [5.74, 6) is 0. The molecule has 0 amide bonds. The maximum atomic E-state index is 2.53. The summed E-state index contributed by atoms with van der Waals surface area (Å²) in [5, 5.41) is 0. The Morgan fingerprint density at radius 3 is 1.02 bits per heavy atom. The Balaban J connectivity index is 0.000000783. The second-order valence-electron chi connectivity index (χ2n) is 13.3. The molecule has 6 aromatic carbocycles. The van der Waals surface area contributed by atoms with Gasteiger partial charge in [-0.15, -0.1) is 0 Å². The van der Waals surface area contributed by atoms with Crippen molar-refractivity contribution in [3.63, 3.8) is 0 Å². The normalized spacial score (nSPS) is 14.4. The zero-order valence-electron chi connectivity index (χ0n) is 28.7. The predicted molar refractivity (Wildman–Crippen MR) is 201 cm³/mol. The van der Waals surface area contributed by atoms with Crippen LogP contribution in [-0.4, -0.2) is 0 Å². The van der Waals surface area contributed by atoms with Gasteiger partial charge in [0.2, 0.25) is 0 Å². The number of hydrogen-bond acceptors (Lipinski definition) is 0. The van der Waals surface area contributed by atoms with E-state index in [1.54, 1.807) is 0 Å². The number of hydrogen-bond donors (Lipinski definition) is 0. The molecule has 10 rings (SSSR count). The molecule has 4 aliphatic carbocycles. The average Bonchev–Trinajstić information content (AvgIpc) is 3.53. The molecule has 0 nitrogen and oxygen atoms in total. The van der Waals surface area contributed by atoms with E-state index in [4.69, 9.17) is 0 Å². The largest absolute Gasteiger partial charge is 0.0726 e. The Hall–Kier alpha value is -4.68. The van der Waals surface area contributed by atoms with Gasteiger partial charge in [0.1, 0.15) is 0 Å². The minimum atomic E-state index is -0.348. The Morgan fingerprint density at radius 2 is 0.660 bits per heavy atom. The van der Waals surface area contributed by atoms with Gasteiger partial charge in [0.05, 0.1) is 5.41 Å². The first kappa shape index (κ1) is 29.7. The van der Waals surface area contributed by atoms with E-state index in [0.717, 1.165) is 0 Å². The van der Waals surface area contributed by atoms with Crippen LogP contribution in [0.5, 0.6) is 0 Å². The van der Waals surface area contributed by atoms with Gasteiger partial charge < -0.3 is 0 Å². The Labute approximate surface area is 281 Å². The molecule has 4 aliphatic rings. The fourth-order valence-corrected chi connectivity index (χ4v) is 8.56. The van der Waals surface area contributed by atoms with Crippen molar-refractivity contribution in [1.29, 1.82) is 0 Å². The molecule has 0 unspecified atom stereocenters. The van der Waals surface area contributed by atoms with Crippen molar-refractivity contribution in [2.75, 3.05) is 0 Å². The second kappa shape index (κ2) is 11.2. The third-order valence-corrected chi connectivity index (χ3v) is 11.0. The highest BCUT2D eigenvalue weighted by molar-refractivity contribution is 5.97. The molecule has 0 saturated heterocycles. The summed E-state index contributed by atoms with van der Waals surface area (Å²) in [7, 11) is 0. The van der Waals surface area contributed by atoms with Gasteiger partial charge in [0.25, 0.3) is 0 Å². The number of rotatable bonds is 2. The molecule has 0 aliphatic heterocycles. The Morgan fingerprint density at radius 1 is 0.340 bits per heavy atom. The molecule has 0 heterocycles. The molecule has 0 saturated carbocycles. The molecule has 0 bridgehead atoms. The average molecular weight is 609 g/mol. The SMILES string of the molecule is CC.CC.Cc1ccc2c(c1)C1(c3cc(C)ccc3-2)c2cc(-c3ccc4c(c3)CC4)ccc2-c2ccc(-c3ccc4c(c3)CC4)cc21.